The smallest absolute Gasteiger partial charge is 0.352 e. The highest BCUT2D eigenvalue weighted by Crippen LogP contribution is 2.42. The molecule has 0 aromatic heterocycles. The number of rotatable bonds is 2. The van der Waals surface area contributed by atoms with E-state index in [9.17, 15) is 9.59 Å². The molecule has 0 bridgehead atoms. The summed E-state index contributed by atoms with van der Waals surface area (Å²) in [6.07, 6.45) is 0.669. The fourth-order valence-electron chi connectivity index (χ4n) is 1.80. The van der Waals surface area contributed by atoms with Crippen LogP contribution in [0, 0.1) is 0 Å². The molecule has 1 fully saturated rings. The molecule has 0 aromatic carbocycles. The highest BCUT2D eigenvalue weighted by Gasteiger charge is 2.51. The Hall–Kier alpha value is -0.620. The molecule has 15 heavy (non-hydrogen) atoms. The second kappa shape index (κ2) is 3.75. The van der Waals surface area contributed by atoms with E-state index in [1.54, 1.807) is 11.8 Å². The van der Waals surface area contributed by atoms with E-state index in [0.717, 1.165) is 5.57 Å². The number of nitrogens with zero attached hydrogens (tertiary/aromatic N) is 1. The molecule has 0 aromatic rings. The van der Waals surface area contributed by atoms with Crippen LogP contribution < -0.4 is 0 Å². The Labute approximate surface area is 97.1 Å². The maximum atomic E-state index is 11.5. The van der Waals surface area contributed by atoms with Gasteiger partial charge in [0.2, 0.25) is 5.91 Å². The van der Waals surface area contributed by atoms with Gasteiger partial charge in [0.1, 0.15) is 16.3 Å². The number of β-lactam (4-membered cyclic amide) rings is 1. The first-order valence-electron chi connectivity index (χ1n) is 4.66. The predicted octanol–water partition coefficient (Wildman–Crippen LogP) is 0.949. The number of aliphatic carboxylic acids is 1. The van der Waals surface area contributed by atoms with Crippen molar-refractivity contribution < 1.29 is 14.7 Å². The SMILES string of the molecule is CCC1=C(C(=O)O)N2C(=O)C(S)C2SC1. The Morgan fingerprint density at radius 2 is 2.40 bits per heavy atom. The molecule has 1 saturated heterocycles. The quantitative estimate of drug-likeness (QED) is 0.562. The lowest BCUT2D eigenvalue weighted by Crippen LogP contribution is -2.62. The Kier molecular flexibility index (Phi) is 2.72. The topological polar surface area (TPSA) is 57.6 Å². The van der Waals surface area contributed by atoms with Crippen molar-refractivity contribution in [3.05, 3.63) is 11.3 Å². The first-order valence-corrected chi connectivity index (χ1v) is 6.22. The summed E-state index contributed by atoms with van der Waals surface area (Å²) in [6.45, 7) is 1.90. The van der Waals surface area contributed by atoms with E-state index in [2.05, 4.69) is 12.6 Å². The van der Waals surface area contributed by atoms with Crippen LogP contribution >= 0.6 is 24.4 Å². The lowest BCUT2D eigenvalue weighted by Gasteiger charge is -2.47. The predicted molar refractivity (Wildman–Crippen MR) is 60.8 cm³/mol. The summed E-state index contributed by atoms with van der Waals surface area (Å²) in [5.41, 5.74) is 1.01. The second-order valence-corrected chi connectivity index (χ2v) is 5.13. The number of carboxylic acids is 1. The Bertz CT molecular complexity index is 366. The molecule has 82 valence electrons. The Balaban J connectivity index is 2.38. The van der Waals surface area contributed by atoms with Crippen LogP contribution in [0.25, 0.3) is 0 Å². The van der Waals surface area contributed by atoms with Crippen LogP contribution in [0.3, 0.4) is 0 Å². The second-order valence-electron chi connectivity index (χ2n) is 3.47. The van der Waals surface area contributed by atoms with E-state index in [1.807, 2.05) is 6.92 Å². The molecule has 0 radical (unpaired) electrons. The molecule has 0 aliphatic carbocycles. The van der Waals surface area contributed by atoms with Gasteiger partial charge in [-0.25, -0.2) is 4.79 Å². The fraction of sp³-hybridized carbons (Fsp3) is 0.556. The van der Waals surface area contributed by atoms with E-state index in [-0.39, 0.29) is 22.2 Å². The number of carbonyl (C=O) groups excluding carboxylic acids is 1. The highest BCUT2D eigenvalue weighted by atomic mass is 32.2. The Morgan fingerprint density at radius 1 is 1.73 bits per heavy atom. The van der Waals surface area contributed by atoms with Gasteiger partial charge < -0.3 is 5.11 Å². The molecule has 2 aliphatic rings. The van der Waals surface area contributed by atoms with Gasteiger partial charge in [0.05, 0.1) is 0 Å². The molecule has 1 amide bonds. The zero-order valence-electron chi connectivity index (χ0n) is 8.14. The maximum Gasteiger partial charge on any atom is 0.352 e. The van der Waals surface area contributed by atoms with E-state index >= 15 is 0 Å². The van der Waals surface area contributed by atoms with Crippen molar-refractivity contribution >= 4 is 36.3 Å². The molecule has 2 heterocycles. The van der Waals surface area contributed by atoms with Gasteiger partial charge in [-0.1, -0.05) is 6.92 Å². The van der Waals surface area contributed by atoms with Gasteiger partial charge in [0, 0.05) is 5.75 Å². The van der Waals surface area contributed by atoms with Gasteiger partial charge in [0.15, 0.2) is 0 Å². The molecule has 0 spiro atoms. The van der Waals surface area contributed by atoms with Gasteiger partial charge in [-0.2, -0.15) is 12.6 Å². The van der Waals surface area contributed by atoms with Crippen LogP contribution in [-0.4, -0.2) is 38.3 Å². The maximum absolute atomic E-state index is 11.5. The summed E-state index contributed by atoms with van der Waals surface area (Å²) in [7, 11) is 0. The van der Waals surface area contributed by atoms with Crippen molar-refractivity contribution in [1.29, 1.82) is 0 Å². The largest absolute Gasteiger partial charge is 0.477 e. The third kappa shape index (κ3) is 1.47. The minimum Gasteiger partial charge on any atom is -0.477 e. The van der Waals surface area contributed by atoms with E-state index < -0.39 is 5.97 Å². The van der Waals surface area contributed by atoms with Crippen LogP contribution in [-0.2, 0) is 9.59 Å². The van der Waals surface area contributed by atoms with Crippen LogP contribution in [0.2, 0.25) is 0 Å². The molecule has 0 saturated carbocycles. The number of carboxylic acid groups (broad SMARTS) is 1. The molecule has 2 rings (SSSR count). The first-order chi connectivity index (χ1) is 7.07. The molecule has 2 unspecified atom stereocenters. The van der Waals surface area contributed by atoms with Crippen molar-refractivity contribution in [1.82, 2.24) is 4.90 Å². The van der Waals surface area contributed by atoms with Gasteiger partial charge in [-0.3, -0.25) is 9.69 Å². The van der Waals surface area contributed by atoms with Crippen LogP contribution in [0.5, 0.6) is 0 Å². The van der Waals surface area contributed by atoms with Gasteiger partial charge in [0.25, 0.3) is 0 Å². The summed E-state index contributed by atoms with van der Waals surface area (Å²) in [5, 5.41) is 8.64. The summed E-state index contributed by atoms with van der Waals surface area (Å²) in [4.78, 5) is 24.0. The van der Waals surface area contributed by atoms with Crippen molar-refractivity contribution in [2.45, 2.75) is 24.0 Å². The average Bonchev–Trinajstić information content (AvgIpc) is 2.25. The lowest BCUT2D eigenvalue weighted by atomic mass is 10.1. The highest BCUT2D eigenvalue weighted by molar-refractivity contribution is 8.01. The number of carbonyl (C=O) groups is 2. The monoisotopic (exact) mass is 245 g/mol. The minimum absolute atomic E-state index is 0.0952. The Morgan fingerprint density at radius 3 is 2.93 bits per heavy atom. The fourth-order valence-corrected chi connectivity index (χ4v) is 3.69. The number of amides is 1. The zero-order valence-corrected chi connectivity index (χ0v) is 9.85. The van der Waals surface area contributed by atoms with Crippen LogP contribution in [0.1, 0.15) is 13.3 Å². The van der Waals surface area contributed by atoms with Gasteiger partial charge in [-0.05, 0) is 12.0 Å². The van der Waals surface area contributed by atoms with E-state index in [4.69, 9.17) is 5.11 Å². The van der Waals surface area contributed by atoms with Crippen molar-refractivity contribution in [3.8, 4) is 0 Å². The van der Waals surface area contributed by atoms with Gasteiger partial charge in [-0.15, -0.1) is 11.8 Å². The number of thiol groups is 1. The summed E-state index contributed by atoms with van der Waals surface area (Å²) in [5.74, 6) is -0.520. The lowest BCUT2D eigenvalue weighted by molar-refractivity contribution is -0.145. The first kappa shape index (κ1) is 10.9. The molecule has 6 heteroatoms. The molecule has 2 atom stereocenters. The zero-order chi connectivity index (χ0) is 11.2. The van der Waals surface area contributed by atoms with E-state index in [0.29, 0.717) is 12.2 Å². The molecule has 4 nitrogen and oxygen atoms in total. The van der Waals surface area contributed by atoms with Gasteiger partial charge >= 0.3 is 5.97 Å². The summed E-state index contributed by atoms with van der Waals surface area (Å²) < 4.78 is 0. The standard InChI is InChI=1S/C9H11NO3S2/c1-2-4-3-15-8-6(14)7(11)10(8)5(4)9(12)13/h6,8,14H,2-3H2,1H3,(H,12,13). The average molecular weight is 245 g/mol. The normalized spacial score (nSPS) is 30.0. The molecule has 2 aliphatic heterocycles. The van der Waals surface area contributed by atoms with E-state index in [1.165, 1.54) is 4.90 Å². The number of fused-ring (bicyclic) bond motifs is 1. The minimum atomic E-state index is -1.01. The van der Waals surface area contributed by atoms with Crippen LogP contribution in [0.4, 0.5) is 0 Å². The van der Waals surface area contributed by atoms with Crippen molar-refractivity contribution in [3.63, 3.8) is 0 Å². The molecule has 1 N–H and O–H groups in total. The summed E-state index contributed by atoms with van der Waals surface area (Å²) >= 11 is 5.73. The number of hydrogen-bond donors (Lipinski definition) is 2. The number of thioether (sulfide) groups is 1. The third-order valence-electron chi connectivity index (χ3n) is 2.65. The van der Waals surface area contributed by atoms with Crippen molar-refractivity contribution in [2.75, 3.05) is 5.75 Å². The summed E-state index contributed by atoms with van der Waals surface area (Å²) in [6, 6.07) is 0. The third-order valence-corrected chi connectivity index (χ3v) is 4.69. The van der Waals surface area contributed by atoms with Crippen LogP contribution in [0.15, 0.2) is 11.3 Å². The molecular weight excluding hydrogens is 234 g/mol. The van der Waals surface area contributed by atoms with Crippen molar-refractivity contribution in [2.24, 2.45) is 0 Å². The number of hydrogen-bond acceptors (Lipinski definition) is 4. The molecular formula is C9H11NO3S2.